The second-order valence-electron chi connectivity index (χ2n) is 7.13. The predicted molar refractivity (Wildman–Crippen MR) is 118 cm³/mol. The van der Waals surface area contributed by atoms with Crippen LogP contribution in [-0.4, -0.2) is 12.3 Å². The Kier molecular flexibility index (Phi) is 3.88. The highest BCUT2D eigenvalue weighted by atomic mass is 79.9. The van der Waals surface area contributed by atoms with Crippen LogP contribution in [0.25, 0.3) is 5.57 Å². The summed E-state index contributed by atoms with van der Waals surface area (Å²) in [5, 5.41) is 0. The molecule has 136 valence electrons. The van der Waals surface area contributed by atoms with Crippen LogP contribution in [0.2, 0.25) is 0 Å². The minimum absolute atomic E-state index is 0.115. The summed E-state index contributed by atoms with van der Waals surface area (Å²) < 4.78 is 0.911. The lowest BCUT2D eigenvalue weighted by Gasteiger charge is -2.34. The van der Waals surface area contributed by atoms with Crippen LogP contribution in [0.3, 0.4) is 0 Å². The SMILES string of the molecule is C=CCN1c2ccc(Br)cc2C(=O)C12C=C(c1ccccc1)c1ccccc12. The summed E-state index contributed by atoms with van der Waals surface area (Å²) in [6.45, 7) is 4.54. The second-order valence-corrected chi connectivity index (χ2v) is 8.04. The molecule has 1 heterocycles. The molecule has 3 aromatic rings. The molecule has 2 nitrogen and oxygen atoms in total. The van der Waals surface area contributed by atoms with Crippen LogP contribution in [-0.2, 0) is 5.54 Å². The molecule has 2 aliphatic rings. The van der Waals surface area contributed by atoms with E-state index in [1.54, 1.807) is 0 Å². The maximum Gasteiger partial charge on any atom is 0.199 e. The molecule has 28 heavy (non-hydrogen) atoms. The van der Waals surface area contributed by atoms with Crippen molar-refractivity contribution in [3.05, 3.63) is 118 Å². The van der Waals surface area contributed by atoms with Crippen molar-refractivity contribution < 1.29 is 4.79 Å². The number of anilines is 1. The number of rotatable bonds is 3. The van der Waals surface area contributed by atoms with Crippen molar-refractivity contribution in [3.63, 3.8) is 0 Å². The molecule has 1 spiro atoms. The maximum atomic E-state index is 13.9. The molecule has 0 radical (unpaired) electrons. The first-order valence-corrected chi connectivity index (χ1v) is 10.1. The van der Waals surface area contributed by atoms with Gasteiger partial charge in [-0.25, -0.2) is 0 Å². The van der Waals surface area contributed by atoms with Gasteiger partial charge in [0.2, 0.25) is 0 Å². The number of carbonyl (C=O) groups is 1. The lowest BCUT2D eigenvalue weighted by Crippen LogP contribution is -2.45. The Bertz CT molecular complexity index is 1150. The van der Waals surface area contributed by atoms with Gasteiger partial charge in [0.1, 0.15) is 5.54 Å². The smallest absolute Gasteiger partial charge is 0.199 e. The molecule has 1 atom stereocenters. The molecule has 0 aromatic heterocycles. The summed E-state index contributed by atoms with van der Waals surface area (Å²) in [5.74, 6) is 0.115. The normalized spacial score (nSPS) is 19.5. The van der Waals surface area contributed by atoms with Crippen molar-refractivity contribution in [2.24, 2.45) is 0 Å². The second kappa shape index (κ2) is 6.32. The van der Waals surface area contributed by atoms with Crippen LogP contribution >= 0.6 is 15.9 Å². The summed E-state index contributed by atoms with van der Waals surface area (Å²) in [6, 6.07) is 24.5. The minimum Gasteiger partial charge on any atom is -0.347 e. The van der Waals surface area contributed by atoms with Crippen molar-refractivity contribution in [2.75, 3.05) is 11.4 Å². The number of fused-ring (bicyclic) bond motifs is 3. The standard InChI is InChI=1S/C25H18BrNO/c1-2-14-27-23-13-12-18(26)15-20(23)24(28)25(27)16-21(17-8-4-3-5-9-17)19-10-6-7-11-22(19)25/h2-13,15-16H,1,14H2. The van der Waals surface area contributed by atoms with Gasteiger partial charge < -0.3 is 4.90 Å². The third kappa shape index (κ3) is 2.23. The van der Waals surface area contributed by atoms with Crippen molar-refractivity contribution >= 4 is 33.0 Å². The fourth-order valence-electron chi connectivity index (χ4n) is 4.50. The summed E-state index contributed by atoms with van der Waals surface area (Å²) in [6.07, 6.45) is 4.01. The van der Waals surface area contributed by atoms with E-state index in [4.69, 9.17) is 0 Å². The van der Waals surface area contributed by atoms with E-state index in [0.29, 0.717) is 6.54 Å². The maximum absolute atomic E-state index is 13.9. The van der Waals surface area contributed by atoms with Crippen LogP contribution in [0.4, 0.5) is 5.69 Å². The Morgan fingerprint density at radius 1 is 0.964 bits per heavy atom. The Labute approximate surface area is 172 Å². The number of carbonyl (C=O) groups excluding carboxylic acids is 1. The molecule has 5 rings (SSSR count). The van der Waals surface area contributed by atoms with E-state index in [1.165, 1.54) is 0 Å². The number of ketones is 1. The summed E-state index contributed by atoms with van der Waals surface area (Å²) >= 11 is 3.52. The molecular formula is C25H18BrNO. The zero-order valence-corrected chi connectivity index (χ0v) is 16.8. The highest BCUT2D eigenvalue weighted by Crippen LogP contribution is 2.53. The van der Waals surface area contributed by atoms with E-state index in [2.05, 4.69) is 57.8 Å². The first-order valence-electron chi connectivity index (χ1n) is 9.28. The number of nitrogens with zero attached hydrogens (tertiary/aromatic N) is 1. The van der Waals surface area contributed by atoms with Gasteiger partial charge in [-0.05, 0) is 46.5 Å². The van der Waals surface area contributed by atoms with Crippen molar-refractivity contribution in [1.82, 2.24) is 0 Å². The highest BCUT2D eigenvalue weighted by molar-refractivity contribution is 9.10. The van der Waals surface area contributed by atoms with Gasteiger partial charge in [0, 0.05) is 22.3 Å². The van der Waals surface area contributed by atoms with Gasteiger partial charge in [-0.2, -0.15) is 0 Å². The molecule has 0 amide bonds. The van der Waals surface area contributed by atoms with Gasteiger partial charge in [-0.3, -0.25) is 4.79 Å². The number of benzene rings is 3. The molecule has 0 saturated heterocycles. The van der Waals surface area contributed by atoms with Crippen molar-refractivity contribution in [1.29, 1.82) is 0 Å². The molecule has 0 saturated carbocycles. The van der Waals surface area contributed by atoms with E-state index < -0.39 is 5.54 Å². The Hall–Kier alpha value is -2.91. The first-order chi connectivity index (χ1) is 13.7. The lowest BCUT2D eigenvalue weighted by molar-refractivity contribution is 0.0933. The number of halogens is 1. The summed E-state index contributed by atoms with van der Waals surface area (Å²) in [7, 11) is 0. The summed E-state index contributed by atoms with van der Waals surface area (Å²) in [4.78, 5) is 16.0. The zero-order valence-electron chi connectivity index (χ0n) is 15.2. The minimum atomic E-state index is -0.834. The molecule has 1 aliphatic carbocycles. The van der Waals surface area contributed by atoms with Crippen LogP contribution in [0, 0.1) is 0 Å². The van der Waals surface area contributed by atoms with E-state index in [1.807, 2.05) is 54.6 Å². The topological polar surface area (TPSA) is 20.3 Å². The van der Waals surface area contributed by atoms with Crippen LogP contribution in [0.15, 0.2) is 96.0 Å². The lowest BCUT2D eigenvalue weighted by atomic mass is 9.86. The predicted octanol–water partition coefficient (Wildman–Crippen LogP) is 5.98. The Morgan fingerprint density at radius 3 is 2.50 bits per heavy atom. The van der Waals surface area contributed by atoms with Gasteiger partial charge in [0.25, 0.3) is 0 Å². The van der Waals surface area contributed by atoms with Gasteiger partial charge in [-0.1, -0.05) is 76.6 Å². The average Bonchev–Trinajstić information content (AvgIpc) is 3.19. The third-order valence-corrected chi connectivity index (χ3v) is 6.14. The van der Waals surface area contributed by atoms with E-state index >= 15 is 0 Å². The van der Waals surface area contributed by atoms with Crippen LogP contribution < -0.4 is 4.90 Å². The monoisotopic (exact) mass is 427 g/mol. The molecule has 3 aromatic carbocycles. The zero-order chi connectivity index (χ0) is 19.3. The van der Waals surface area contributed by atoms with Gasteiger partial charge in [0.15, 0.2) is 5.78 Å². The third-order valence-electron chi connectivity index (χ3n) is 5.64. The molecule has 0 bridgehead atoms. The molecule has 0 fully saturated rings. The molecular weight excluding hydrogens is 410 g/mol. The molecule has 3 heteroatoms. The molecule has 0 N–H and O–H groups in total. The fraction of sp³-hybridized carbons (Fsp3) is 0.0800. The summed E-state index contributed by atoms with van der Waals surface area (Å²) in [5.41, 5.74) is 5.24. The number of Topliss-reactive ketones (excluding diaryl/α,β-unsaturated/α-hetero) is 1. The van der Waals surface area contributed by atoms with E-state index in [9.17, 15) is 4.79 Å². The number of hydrogen-bond acceptors (Lipinski definition) is 2. The van der Waals surface area contributed by atoms with Gasteiger partial charge in [-0.15, -0.1) is 6.58 Å². The number of hydrogen-bond donors (Lipinski definition) is 0. The van der Waals surface area contributed by atoms with Crippen LogP contribution in [0.1, 0.15) is 27.0 Å². The van der Waals surface area contributed by atoms with Crippen LogP contribution in [0.5, 0.6) is 0 Å². The highest BCUT2D eigenvalue weighted by Gasteiger charge is 2.54. The fourth-order valence-corrected chi connectivity index (χ4v) is 4.86. The average molecular weight is 428 g/mol. The molecule has 1 aliphatic heterocycles. The van der Waals surface area contributed by atoms with Crippen molar-refractivity contribution in [3.8, 4) is 0 Å². The Morgan fingerprint density at radius 2 is 1.71 bits per heavy atom. The largest absolute Gasteiger partial charge is 0.347 e. The molecule has 1 unspecified atom stereocenters. The van der Waals surface area contributed by atoms with Crippen molar-refractivity contribution in [2.45, 2.75) is 5.54 Å². The van der Waals surface area contributed by atoms with Gasteiger partial charge >= 0.3 is 0 Å². The van der Waals surface area contributed by atoms with E-state index in [0.717, 1.165) is 38.0 Å². The van der Waals surface area contributed by atoms with Gasteiger partial charge in [0.05, 0.1) is 0 Å². The quantitative estimate of drug-likeness (QED) is 0.479. The Balaban J connectivity index is 1.82. The first kappa shape index (κ1) is 17.2. The van der Waals surface area contributed by atoms with E-state index in [-0.39, 0.29) is 5.78 Å².